The fourth-order valence-electron chi connectivity index (χ4n) is 14.2. The van der Waals surface area contributed by atoms with Crippen molar-refractivity contribution in [1.29, 1.82) is 0 Å². The summed E-state index contributed by atoms with van der Waals surface area (Å²) in [7, 11) is 4.34. The predicted octanol–water partition coefficient (Wildman–Crippen LogP) is 20.4. The van der Waals surface area contributed by atoms with E-state index in [1.54, 1.807) is 24.3 Å². The topological polar surface area (TPSA) is 156 Å². The van der Waals surface area contributed by atoms with Crippen molar-refractivity contribution >= 4 is 68.4 Å². The summed E-state index contributed by atoms with van der Waals surface area (Å²) >= 11 is 0. The first-order valence-electron chi connectivity index (χ1n) is 40.8. The Morgan fingerprint density at radius 3 is 0.930 bits per heavy atom. The average molecular weight is 1540 g/mol. The highest BCUT2D eigenvalue weighted by Gasteiger charge is 2.31. The number of hydrogen-bond donors (Lipinski definition) is 3. The Kier molecular flexibility index (Phi) is 30.5. The first kappa shape index (κ1) is 85.9. The number of phenols is 2. The van der Waals surface area contributed by atoms with Crippen molar-refractivity contribution in [3.8, 4) is 17.2 Å². The zero-order chi connectivity index (χ0) is 81.5. The van der Waals surface area contributed by atoms with Crippen LogP contribution < -0.4 is 19.4 Å². The van der Waals surface area contributed by atoms with Gasteiger partial charge in [-0.2, -0.15) is 0 Å². The normalized spacial score (nSPS) is 15.1. The summed E-state index contributed by atoms with van der Waals surface area (Å²) in [4.78, 5) is 49.3. The molecule has 0 unspecified atom stereocenters. The summed E-state index contributed by atoms with van der Waals surface area (Å²) in [6.07, 6.45) is 4.35. The van der Waals surface area contributed by atoms with E-state index in [1.165, 1.54) is 33.8 Å². The van der Waals surface area contributed by atoms with Crippen molar-refractivity contribution in [3.63, 3.8) is 0 Å². The number of ether oxygens (including phenoxy) is 3. The smallest absolute Gasteiger partial charge is 0.316 e. The molecule has 600 valence electrons. The predicted molar refractivity (Wildman–Crippen MR) is 470 cm³/mol. The lowest BCUT2D eigenvalue weighted by Gasteiger charge is -2.43. The SMILES string of the molecule is CC(C)C1CN(c2ccc(/C(=C(/CCCO)c3ccccc3)c3ccc(O)cc3)cc2)C1.CN1CCN(c2ccc(/C(=C(/CCCOC(=O)C(C)(C)C)c3ccccc3)c3ccc(O)cc3)cc2)CC1.CN1CCN(c2ccc(/C(=C(/CCCOC(=O)C(C)(C)C)c3ccccc3)c3ccc(OC(=O)C(C)(C)C)cc3)cc2)CC1. The standard InChI is InChI=1S/C38H48N2O4.C33H40N2O3.C29H33NO2/c1-37(2,3)35(41)43-27-11-14-33(28-12-9-8-10-13-28)34(30-17-21-32(22-18-30)44-36(42)38(4,5)6)29-15-19-31(20-16-29)40-25-23-39(7)24-26-40;1-33(2,3)32(37)38-24-8-11-30(25-9-6-5-7-10-25)31(27-14-18-29(36)19-15-27)26-12-16-28(17-13-26)35-22-20-34(4)21-23-35;1-21(2)25-19-30(20-25)26-14-10-23(11-15-26)29(24-12-16-27(32)17-13-24)28(9-6-18-31)22-7-4-3-5-8-22/h8-10,12-13,15-22H,11,14,23-27H2,1-7H3;5-7,9-10,12-19,36H,8,11,20-24H2,1-4H3;3-5,7-8,10-17,21,25,31-32H,6,9,18-20H2,1-2H3/b34-33+;31-30+;29-28+. The first-order chi connectivity index (χ1) is 54.6. The quantitative estimate of drug-likeness (QED) is 0.0215. The summed E-state index contributed by atoms with van der Waals surface area (Å²) < 4.78 is 16.9. The summed E-state index contributed by atoms with van der Waals surface area (Å²) in [5.74, 6) is 1.90. The van der Waals surface area contributed by atoms with Crippen molar-refractivity contribution in [2.75, 3.05) is 114 Å². The molecule has 0 atom stereocenters. The molecule has 0 aliphatic carbocycles. The van der Waals surface area contributed by atoms with E-state index in [1.807, 2.05) is 129 Å². The van der Waals surface area contributed by atoms with Crippen LogP contribution in [0.25, 0.3) is 33.4 Å². The van der Waals surface area contributed by atoms with Gasteiger partial charge in [0.1, 0.15) is 17.2 Å². The van der Waals surface area contributed by atoms with E-state index in [2.05, 4.69) is 198 Å². The lowest BCUT2D eigenvalue weighted by atomic mass is 9.86. The molecule has 0 bridgehead atoms. The number of carbonyl (C=O) groups excluding carboxylic acids is 3. The second-order valence-electron chi connectivity index (χ2n) is 33.9. The Morgan fingerprint density at radius 2 is 0.640 bits per heavy atom. The molecule has 14 heteroatoms. The molecule has 3 heterocycles. The average Bonchev–Trinajstić information content (AvgIpc) is 0.784. The molecule has 14 nitrogen and oxygen atoms in total. The number of nitrogens with zero attached hydrogens (tertiary/aromatic N) is 5. The van der Waals surface area contributed by atoms with Crippen LogP contribution in [-0.4, -0.2) is 142 Å². The maximum Gasteiger partial charge on any atom is 0.316 e. The van der Waals surface area contributed by atoms with Crippen LogP contribution in [0.3, 0.4) is 0 Å². The number of aliphatic hydroxyl groups is 1. The number of rotatable bonds is 25. The minimum atomic E-state index is -0.591. The fraction of sp³-hybridized carbons (Fsp3) is 0.370. The highest BCUT2D eigenvalue weighted by Crippen LogP contribution is 2.42. The van der Waals surface area contributed by atoms with Gasteiger partial charge in [-0.05, 0) is 283 Å². The third-order valence-corrected chi connectivity index (χ3v) is 21.4. The number of piperazine rings is 2. The van der Waals surface area contributed by atoms with Gasteiger partial charge in [0.15, 0.2) is 0 Å². The molecule has 3 aliphatic heterocycles. The van der Waals surface area contributed by atoms with Gasteiger partial charge in [-0.1, -0.05) is 178 Å². The molecule has 0 spiro atoms. The van der Waals surface area contributed by atoms with Crippen molar-refractivity contribution in [2.24, 2.45) is 28.1 Å². The monoisotopic (exact) mass is 1540 g/mol. The Hall–Kier alpha value is -10.5. The summed E-state index contributed by atoms with van der Waals surface area (Å²) in [6.45, 7) is 32.8. The van der Waals surface area contributed by atoms with Gasteiger partial charge in [-0.15, -0.1) is 0 Å². The van der Waals surface area contributed by atoms with E-state index in [-0.39, 0.29) is 36.0 Å². The van der Waals surface area contributed by atoms with Gasteiger partial charge in [0, 0.05) is 89.1 Å². The number of aromatic hydroxyl groups is 2. The van der Waals surface area contributed by atoms with E-state index in [9.17, 15) is 29.7 Å². The number of likely N-dealkylation sites (N-methyl/N-ethyl adjacent to an activating group) is 2. The van der Waals surface area contributed by atoms with Gasteiger partial charge in [0.25, 0.3) is 0 Å². The summed E-state index contributed by atoms with van der Waals surface area (Å²) in [5, 5.41) is 29.4. The molecule has 9 aromatic carbocycles. The Morgan fingerprint density at radius 1 is 0.360 bits per heavy atom. The molecule has 3 fully saturated rings. The Bertz CT molecular complexity index is 4610. The second kappa shape index (κ2) is 40.5. The number of allylic oxidation sites excluding steroid dienone is 3. The van der Waals surface area contributed by atoms with Crippen molar-refractivity contribution in [2.45, 2.75) is 115 Å². The molecule has 114 heavy (non-hydrogen) atoms. The number of benzene rings is 9. The van der Waals surface area contributed by atoms with E-state index in [4.69, 9.17) is 14.2 Å². The van der Waals surface area contributed by atoms with Gasteiger partial charge in [0.05, 0.1) is 29.5 Å². The third kappa shape index (κ3) is 24.3. The van der Waals surface area contributed by atoms with Gasteiger partial charge < -0.3 is 54.0 Å². The molecule has 3 saturated heterocycles. The number of esters is 3. The van der Waals surface area contributed by atoms with Crippen LogP contribution in [0.1, 0.15) is 165 Å². The second-order valence-corrected chi connectivity index (χ2v) is 33.9. The number of anilines is 3. The zero-order valence-electron chi connectivity index (χ0n) is 69.6. The summed E-state index contributed by atoms with van der Waals surface area (Å²) in [5.41, 5.74) is 19.0. The largest absolute Gasteiger partial charge is 0.508 e. The maximum absolute atomic E-state index is 12.5. The Balaban J connectivity index is 0.000000183. The van der Waals surface area contributed by atoms with E-state index in [0.717, 1.165) is 163 Å². The van der Waals surface area contributed by atoms with E-state index in [0.29, 0.717) is 38.2 Å². The first-order valence-corrected chi connectivity index (χ1v) is 40.8. The molecule has 0 radical (unpaired) electrons. The van der Waals surface area contributed by atoms with Crippen LogP contribution in [0, 0.1) is 28.1 Å². The van der Waals surface area contributed by atoms with Crippen LogP contribution in [0.4, 0.5) is 17.1 Å². The number of carbonyl (C=O) groups is 3. The zero-order valence-corrected chi connectivity index (χ0v) is 69.6. The van der Waals surface area contributed by atoms with Crippen molar-refractivity contribution in [1.82, 2.24) is 9.80 Å². The van der Waals surface area contributed by atoms with Crippen molar-refractivity contribution < 1.29 is 43.9 Å². The molecule has 3 aliphatic rings. The Labute approximate surface area is 679 Å². The molecule has 0 aromatic heterocycles. The van der Waals surface area contributed by atoms with Crippen LogP contribution in [0.15, 0.2) is 237 Å². The lowest BCUT2D eigenvalue weighted by molar-refractivity contribution is -0.153. The van der Waals surface area contributed by atoms with Crippen molar-refractivity contribution in [3.05, 3.63) is 287 Å². The fourth-order valence-corrected chi connectivity index (χ4v) is 14.2. The van der Waals surface area contributed by atoms with Crippen LogP contribution in [0.2, 0.25) is 0 Å². The minimum Gasteiger partial charge on any atom is -0.508 e. The molecule has 3 N–H and O–H groups in total. The van der Waals surface area contributed by atoms with Crippen LogP contribution in [0.5, 0.6) is 17.2 Å². The van der Waals surface area contributed by atoms with Gasteiger partial charge in [0.2, 0.25) is 0 Å². The third-order valence-electron chi connectivity index (χ3n) is 21.4. The highest BCUT2D eigenvalue weighted by molar-refractivity contribution is 6.01. The minimum absolute atomic E-state index is 0.157. The molecular formula is C100H121N5O9. The van der Waals surface area contributed by atoms with Gasteiger partial charge >= 0.3 is 17.9 Å². The molecule has 0 saturated carbocycles. The van der Waals surface area contributed by atoms with E-state index >= 15 is 0 Å². The lowest BCUT2D eigenvalue weighted by Crippen LogP contribution is -2.49. The van der Waals surface area contributed by atoms with Crippen LogP contribution in [-0.2, 0) is 23.9 Å². The number of aliphatic hydroxyl groups excluding tert-OH is 1. The summed E-state index contributed by atoms with van der Waals surface area (Å²) in [6, 6.07) is 80.4. The molecule has 9 aromatic rings. The van der Waals surface area contributed by atoms with Gasteiger partial charge in [-0.25, -0.2) is 0 Å². The van der Waals surface area contributed by atoms with E-state index < -0.39 is 16.2 Å². The highest BCUT2D eigenvalue weighted by atomic mass is 16.5. The number of phenolic OH excluding ortho intramolecular Hbond substituents is 2. The molecular weight excluding hydrogens is 1420 g/mol. The van der Waals surface area contributed by atoms with Crippen LogP contribution >= 0.6 is 0 Å². The number of hydrogen-bond acceptors (Lipinski definition) is 14. The molecule has 12 rings (SSSR count). The van der Waals surface area contributed by atoms with Gasteiger partial charge in [-0.3, -0.25) is 14.4 Å². The maximum atomic E-state index is 12.5. The molecule has 0 amide bonds.